The molecule has 0 aromatic carbocycles. The van der Waals surface area contributed by atoms with E-state index in [1.54, 1.807) is 11.3 Å². The molecule has 0 N–H and O–H groups in total. The topological polar surface area (TPSA) is 39.2 Å². The van der Waals surface area contributed by atoms with Gasteiger partial charge in [-0.05, 0) is 39.4 Å². The predicted molar refractivity (Wildman–Crippen MR) is 76.2 cm³/mol. The van der Waals surface area contributed by atoms with Crippen molar-refractivity contribution in [3.8, 4) is 0 Å². The third kappa shape index (κ3) is 2.72. The molecule has 0 radical (unpaired) electrons. The lowest BCUT2D eigenvalue weighted by atomic mass is 9.90. The molecule has 0 aliphatic carbocycles. The SMILES string of the molecule is CCOC(=O)C(C)(C)c1csc(C2CCCS2)n1. The van der Waals surface area contributed by atoms with Crippen LogP contribution in [0, 0.1) is 0 Å². The highest BCUT2D eigenvalue weighted by atomic mass is 32.2. The lowest BCUT2D eigenvalue weighted by molar-refractivity contribution is -0.148. The number of carbonyl (C=O) groups is 1. The summed E-state index contributed by atoms with van der Waals surface area (Å²) in [5.74, 6) is 1.03. The molecule has 18 heavy (non-hydrogen) atoms. The first-order chi connectivity index (χ1) is 8.55. The van der Waals surface area contributed by atoms with Crippen LogP contribution in [0.4, 0.5) is 0 Å². The predicted octanol–water partition coefficient (Wildman–Crippen LogP) is 3.55. The Morgan fingerprint density at radius 3 is 3.00 bits per heavy atom. The average Bonchev–Trinajstić information content (AvgIpc) is 3.00. The second-order valence-corrected chi connectivity index (χ2v) is 7.12. The summed E-state index contributed by atoms with van der Waals surface area (Å²) in [7, 11) is 0. The first kappa shape index (κ1) is 13.9. The minimum atomic E-state index is -0.645. The summed E-state index contributed by atoms with van der Waals surface area (Å²) in [5, 5.41) is 3.69. The molecule has 1 aromatic rings. The van der Waals surface area contributed by atoms with Crippen LogP contribution in [0.5, 0.6) is 0 Å². The zero-order chi connectivity index (χ0) is 13.2. The summed E-state index contributed by atoms with van der Waals surface area (Å²) in [4.78, 5) is 16.6. The van der Waals surface area contributed by atoms with Crippen molar-refractivity contribution in [3.63, 3.8) is 0 Å². The van der Waals surface area contributed by atoms with E-state index in [-0.39, 0.29) is 5.97 Å². The number of ether oxygens (including phenoxy) is 1. The maximum absolute atomic E-state index is 11.9. The van der Waals surface area contributed by atoms with Crippen molar-refractivity contribution in [2.75, 3.05) is 12.4 Å². The number of hydrogen-bond acceptors (Lipinski definition) is 5. The smallest absolute Gasteiger partial charge is 0.317 e. The van der Waals surface area contributed by atoms with Crippen molar-refractivity contribution in [2.45, 2.75) is 44.3 Å². The Bertz CT molecular complexity index is 422. The van der Waals surface area contributed by atoms with Crippen LogP contribution in [0.1, 0.15) is 49.6 Å². The van der Waals surface area contributed by atoms with Crippen LogP contribution in [0.15, 0.2) is 5.38 Å². The third-order valence-corrected chi connectivity index (χ3v) is 5.65. The fourth-order valence-corrected chi connectivity index (χ4v) is 4.43. The average molecular weight is 285 g/mol. The third-order valence-electron chi connectivity index (χ3n) is 3.15. The van der Waals surface area contributed by atoms with E-state index in [0.29, 0.717) is 11.9 Å². The summed E-state index contributed by atoms with van der Waals surface area (Å²) in [5.41, 5.74) is 0.196. The number of hydrogen-bond donors (Lipinski definition) is 0. The van der Waals surface area contributed by atoms with Gasteiger partial charge in [0.05, 0.1) is 17.6 Å². The molecule has 1 aromatic heterocycles. The number of esters is 1. The minimum absolute atomic E-state index is 0.194. The molecule has 0 amide bonds. The summed E-state index contributed by atoms with van der Waals surface area (Å²) >= 11 is 3.64. The van der Waals surface area contributed by atoms with Gasteiger partial charge in [0, 0.05) is 5.38 Å². The van der Waals surface area contributed by atoms with Gasteiger partial charge in [-0.3, -0.25) is 4.79 Å². The van der Waals surface area contributed by atoms with Gasteiger partial charge in [-0.15, -0.1) is 11.3 Å². The molecule has 2 rings (SSSR count). The first-order valence-corrected chi connectivity index (χ1v) is 8.23. The van der Waals surface area contributed by atoms with Gasteiger partial charge in [0.15, 0.2) is 0 Å². The monoisotopic (exact) mass is 285 g/mol. The van der Waals surface area contributed by atoms with Gasteiger partial charge in [0.25, 0.3) is 0 Å². The molecular weight excluding hydrogens is 266 g/mol. The number of rotatable bonds is 4. The van der Waals surface area contributed by atoms with Gasteiger partial charge in [-0.2, -0.15) is 11.8 Å². The number of nitrogens with zero attached hydrogens (tertiary/aromatic N) is 1. The molecular formula is C13H19NO2S2. The van der Waals surface area contributed by atoms with Crippen molar-refractivity contribution >= 4 is 29.1 Å². The molecule has 100 valence electrons. The molecule has 1 unspecified atom stereocenters. The van der Waals surface area contributed by atoms with Crippen molar-refractivity contribution in [1.82, 2.24) is 4.98 Å². The summed E-state index contributed by atoms with van der Waals surface area (Å²) in [6, 6.07) is 0. The van der Waals surface area contributed by atoms with Crippen LogP contribution >= 0.6 is 23.1 Å². The second kappa shape index (κ2) is 5.61. The van der Waals surface area contributed by atoms with Gasteiger partial charge >= 0.3 is 5.97 Å². The highest BCUT2D eigenvalue weighted by Crippen LogP contribution is 2.42. The van der Waals surface area contributed by atoms with Gasteiger partial charge in [0.1, 0.15) is 10.4 Å². The van der Waals surface area contributed by atoms with E-state index in [1.807, 2.05) is 37.9 Å². The van der Waals surface area contributed by atoms with E-state index in [4.69, 9.17) is 4.74 Å². The molecule has 2 heterocycles. The largest absolute Gasteiger partial charge is 0.465 e. The molecule has 1 fully saturated rings. The Morgan fingerprint density at radius 1 is 1.61 bits per heavy atom. The van der Waals surface area contributed by atoms with Gasteiger partial charge in [0.2, 0.25) is 0 Å². The molecule has 1 atom stereocenters. The van der Waals surface area contributed by atoms with Crippen LogP contribution in [0.25, 0.3) is 0 Å². The highest BCUT2D eigenvalue weighted by molar-refractivity contribution is 7.99. The number of thioether (sulfide) groups is 1. The van der Waals surface area contributed by atoms with Crippen LogP contribution in [0.3, 0.4) is 0 Å². The zero-order valence-electron chi connectivity index (χ0n) is 11.1. The fourth-order valence-electron chi connectivity index (χ4n) is 1.91. The minimum Gasteiger partial charge on any atom is -0.465 e. The van der Waals surface area contributed by atoms with E-state index in [0.717, 1.165) is 10.7 Å². The van der Waals surface area contributed by atoms with E-state index in [1.165, 1.54) is 18.6 Å². The van der Waals surface area contributed by atoms with Crippen LogP contribution in [0.2, 0.25) is 0 Å². The van der Waals surface area contributed by atoms with Crippen LogP contribution in [-0.4, -0.2) is 23.3 Å². The van der Waals surface area contributed by atoms with E-state index in [9.17, 15) is 4.79 Å². The zero-order valence-corrected chi connectivity index (χ0v) is 12.7. The molecule has 0 bridgehead atoms. The van der Waals surface area contributed by atoms with Gasteiger partial charge in [-0.25, -0.2) is 4.98 Å². The Kier molecular flexibility index (Phi) is 4.33. The summed E-state index contributed by atoms with van der Waals surface area (Å²) in [6.45, 7) is 6.00. The highest BCUT2D eigenvalue weighted by Gasteiger charge is 2.34. The van der Waals surface area contributed by atoms with Crippen molar-refractivity contribution in [1.29, 1.82) is 0 Å². The molecule has 0 saturated carbocycles. The Labute approximate surface area is 116 Å². The van der Waals surface area contributed by atoms with Crippen LogP contribution in [-0.2, 0) is 14.9 Å². The molecule has 1 saturated heterocycles. The molecule has 0 spiro atoms. The summed E-state index contributed by atoms with van der Waals surface area (Å²) in [6.07, 6.45) is 2.48. The standard InChI is InChI=1S/C13H19NO2S2/c1-4-16-12(15)13(2,3)10-8-18-11(14-10)9-6-5-7-17-9/h8-9H,4-7H2,1-3H3. The Morgan fingerprint density at radius 2 is 2.39 bits per heavy atom. The summed E-state index contributed by atoms with van der Waals surface area (Å²) < 4.78 is 5.12. The quantitative estimate of drug-likeness (QED) is 0.793. The molecule has 5 heteroatoms. The van der Waals surface area contributed by atoms with Crippen molar-refractivity contribution in [2.24, 2.45) is 0 Å². The number of thiazole rings is 1. The first-order valence-electron chi connectivity index (χ1n) is 6.30. The lowest BCUT2D eigenvalue weighted by Gasteiger charge is -2.19. The fraction of sp³-hybridized carbons (Fsp3) is 0.692. The van der Waals surface area contributed by atoms with E-state index < -0.39 is 5.41 Å². The van der Waals surface area contributed by atoms with Gasteiger partial charge < -0.3 is 4.74 Å². The number of aromatic nitrogens is 1. The van der Waals surface area contributed by atoms with Crippen molar-refractivity contribution in [3.05, 3.63) is 16.1 Å². The lowest BCUT2D eigenvalue weighted by Crippen LogP contribution is -2.31. The molecule has 3 nitrogen and oxygen atoms in total. The van der Waals surface area contributed by atoms with Crippen LogP contribution < -0.4 is 0 Å². The number of carbonyl (C=O) groups excluding carboxylic acids is 1. The molecule has 1 aliphatic rings. The second-order valence-electron chi connectivity index (χ2n) is 4.92. The maximum atomic E-state index is 11.9. The Balaban J connectivity index is 2.15. The van der Waals surface area contributed by atoms with E-state index >= 15 is 0 Å². The van der Waals surface area contributed by atoms with Gasteiger partial charge in [-0.1, -0.05) is 0 Å². The Hall–Kier alpha value is -0.550. The maximum Gasteiger partial charge on any atom is 0.317 e. The normalized spacial score (nSPS) is 20.1. The molecule has 1 aliphatic heterocycles. The van der Waals surface area contributed by atoms with Crippen molar-refractivity contribution < 1.29 is 9.53 Å². The van der Waals surface area contributed by atoms with E-state index in [2.05, 4.69) is 4.98 Å².